The molecule has 10 nitrogen and oxygen atoms in total. The lowest BCUT2D eigenvalue weighted by atomic mass is 9.94. The Morgan fingerprint density at radius 2 is 1.81 bits per heavy atom. The summed E-state index contributed by atoms with van der Waals surface area (Å²) in [5.41, 5.74) is -0.121. The smallest absolute Gasteiger partial charge is 0.435 e. The summed E-state index contributed by atoms with van der Waals surface area (Å²) >= 11 is 0. The fourth-order valence-electron chi connectivity index (χ4n) is 4.49. The number of nitro benzene ring substituents is 1. The van der Waals surface area contributed by atoms with Crippen LogP contribution in [-0.4, -0.2) is 27.4 Å². The number of nitro groups is 1. The minimum Gasteiger partial charge on any atom is -0.469 e. The first-order valence-corrected chi connectivity index (χ1v) is 11.0. The highest BCUT2D eigenvalue weighted by Gasteiger charge is 2.41. The first kappa shape index (κ1) is 22.6. The monoisotopic (exact) mass is 512 g/mol. The number of hydrogen-bond acceptors (Lipinski definition) is 7. The van der Waals surface area contributed by atoms with Crippen molar-refractivity contribution in [1.82, 2.24) is 9.78 Å². The number of amides is 1. The molecule has 1 N–H and O–H groups in total. The Morgan fingerprint density at radius 1 is 1.08 bits per heavy atom. The van der Waals surface area contributed by atoms with Crippen LogP contribution in [0.25, 0.3) is 16.9 Å². The molecule has 3 heterocycles. The summed E-state index contributed by atoms with van der Waals surface area (Å²) in [4.78, 5) is 23.6. The summed E-state index contributed by atoms with van der Waals surface area (Å²) < 4.78 is 58.2. The van der Waals surface area contributed by atoms with Gasteiger partial charge in [0.1, 0.15) is 11.4 Å². The van der Waals surface area contributed by atoms with Crippen LogP contribution in [0.15, 0.2) is 53.1 Å². The number of alkyl halides is 3. The summed E-state index contributed by atoms with van der Waals surface area (Å²) in [6, 6.07) is 9.74. The van der Waals surface area contributed by atoms with E-state index >= 15 is 0 Å². The van der Waals surface area contributed by atoms with Crippen LogP contribution in [0.3, 0.4) is 0 Å². The van der Waals surface area contributed by atoms with Gasteiger partial charge in [-0.25, -0.2) is 4.68 Å². The molecule has 0 fully saturated rings. The fourth-order valence-corrected chi connectivity index (χ4v) is 4.49. The Kier molecular flexibility index (Phi) is 4.97. The van der Waals surface area contributed by atoms with Gasteiger partial charge in [0.2, 0.25) is 6.79 Å². The molecule has 4 aromatic rings. The van der Waals surface area contributed by atoms with Crippen molar-refractivity contribution >= 4 is 17.3 Å². The van der Waals surface area contributed by atoms with Crippen LogP contribution in [0.1, 0.15) is 27.4 Å². The van der Waals surface area contributed by atoms with Crippen molar-refractivity contribution < 1.29 is 36.8 Å². The van der Waals surface area contributed by atoms with Crippen LogP contribution in [0.5, 0.6) is 11.5 Å². The van der Waals surface area contributed by atoms with Gasteiger partial charge in [0, 0.05) is 29.2 Å². The Labute approximate surface area is 205 Å². The molecule has 188 valence electrons. The first-order chi connectivity index (χ1) is 17.7. The average molecular weight is 512 g/mol. The molecule has 0 bridgehead atoms. The van der Waals surface area contributed by atoms with Crippen LogP contribution in [0, 0.1) is 10.1 Å². The minimum atomic E-state index is -4.64. The number of ether oxygens (including phenoxy) is 2. The molecule has 0 spiro atoms. The minimum absolute atomic E-state index is 0.0818. The number of nitrogens with zero attached hydrogens (tertiary/aromatic N) is 3. The van der Waals surface area contributed by atoms with E-state index in [-0.39, 0.29) is 52.9 Å². The number of anilines is 1. The maximum atomic E-state index is 13.7. The van der Waals surface area contributed by atoms with Gasteiger partial charge in [-0.2, -0.15) is 18.3 Å². The molecule has 13 heteroatoms. The van der Waals surface area contributed by atoms with Crippen molar-refractivity contribution in [2.75, 3.05) is 12.1 Å². The van der Waals surface area contributed by atoms with Gasteiger partial charge in [0.15, 0.2) is 17.2 Å². The predicted octanol–water partition coefficient (Wildman–Crippen LogP) is 5.14. The normalized spacial score (nSPS) is 13.7. The van der Waals surface area contributed by atoms with Crippen molar-refractivity contribution in [2.45, 2.75) is 19.0 Å². The topological polar surface area (TPSA) is 122 Å². The molecule has 1 aliphatic carbocycles. The third-order valence-electron chi connectivity index (χ3n) is 6.16. The number of carbonyl (C=O) groups excluding carboxylic acids is 1. The predicted molar refractivity (Wildman–Crippen MR) is 121 cm³/mol. The second kappa shape index (κ2) is 8.11. The highest BCUT2D eigenvalue weighted by atomic mass is 19.4. The highest BCUT2D eigenvalue weighted by Crippen LogP contribution is 2.43. The molecule has 0 radical (unpaired) electrons. The lowest BCUT2D eigenvalue weighted by molar-refractivity contribution is -0.384. The molecule has 1 amide bonds. The Hall–Kier alpha value is -4.81. The van der Waals surface area contributed by atoms with E-state index in [0.717, 1.165) is 6.07 Å². The summed E-state index contributed by atoms with van der Waals surface area (Å²) in [6.45, 7) is -0.0984. The van der Waals surface area contributed by atoms with Gasteiger partial charge in [-0.15, -0.1) is 0 Å². The van der Waals surface area contributed by atoms with Gasteiger partial charge in [0.05, 0.1) is 28.6 Å². The lowest BCUT2D eigenvalue weighted by Crippen LogP contribution is -2.13. The van der Waals surface area contributed by atoms with Gasteiger partial charge in [-0.05, 0) is 36.8 Å². The van der Waals surface area contributed by atoms with Crippen LogP contribution in [0.2, 0.25) is 0 Å². The third kappa shape index (κ3) is 3.75. The zero-order valence-electron chi connectivity index (χ0n) is 18.7. The van der Waals surface area contributed by atoms with E-state index in [9.17, 15) is 28.1 Å². The largest absolute Gasteiger partial charge is 0.469 e. The molecule has 2 aromatic heterocycles. The molecule has 0 atom stereocenters. The number of nitrogens with one attached hydrogen (secondary N) is 1. The van der Waals surface area contributed by atoms with Crippen molar-refractivity contribution in [1.29, 1.82) is 0 Å². The molecule has 6 rings (SSSR count). The second-order valence-corrected chi connectivity index (χ2v) is 8.32. The molecule has 2 aliphatic rings. The van der Waals surface area contributed by atoms with Gasteiger partial charge in [-0.3, -0.25) is 14.9 Å². The average Bonchev–Trinajstić information content (AvgIpc) is 3.60. The van der Waals surface area contributed by atoms with Crippen molar-refractivity contribution in [3.8, 4) is 28.4 Å². The van der Waals surface area contributed by atoms with Crippen LogP contribution < -0.4 is 14.8 Å². The number of carbonyl (C=O) groups is 1. The van der Waals surface area contributed by atoms with Crippen LogP contribution in [0.4, 0.5) is 24.5 Å². The highest BCUT2D eigenvalue weighted by molar-refractivity contribution is 6.05. The summed E-state index contributed by atoms with van der Waals surface area (Å²) in [6.07, 6.45) is -2.77. The number of rotatable bonds is 4. The number of hydrogen-bond donors (Lipinski definition) is 1. The first-order valence-electron chi connectivity index (χ1n) is 11.0. The number of halogens is 3. The van der Waals surface area contributed by atoms with Gasteiger partial charge in [0.25, 0.3) is 11.6 Å². The third-order valence-corrected chi connectivity index (χ3v) is 6.16. The Balaban J connectivity index is 1.33. The molecule has 0 saturated heterocycles. The summed E-state index contributed by atoms with van der Waals surface area (Å²) in [7, 11) is 0. The van der Waals surface area contributed by atoms with E-state index < -0.39 is 22.7 Å². The maximum Gasteiger partial charge on any atom is 0.435 e. The molecule has 0 saturated carbocycles. The number of aromatic nitrogens is 2. The van der Waals surface area contributed by atoms with Crippen molar-refractivity contribution in [2.24, 2.45) is 0 Å². The number of furan rings is 1. The van der Waals surface area contributed by atoms with E-state index in [1.807, 2.05) is 0 Å². The van der Waals surface area contributed by atoms with E-state index in [4.69, 9.17) is 13.9 Å². The lowest BCUT2D eigenvalue weighted by Gasteiger charge is -2.15. The van der Waals surface area contributed by atoms with E-state index in [1.165, 1.54) is 41.3 Å². The zero-order chi connectivity index (χ0) is 25.9. The number of benzene rings is 2. The Bertz CT molecular complexity index is 1570. The number of aryl methyl sites for hydroxylation is 1. The molecule has 1 aliphatic heterocycles. The van der Waals surface area contributed by atoms with Gasteiger partial charge >= 0.3 is 6.18 Å². The second-order valence-electron chi connectivity index (χ2n) is 8.32. The van der Waals surface area contributed by atoms with E-state index in [0.29, 0.717) is 23.4 Å². The van der Waals surface area contributed by atoms with E-state index in [1.54, 1.807) is 6.07 Å². The van der Waals surface area contributed by atoms with Gasteiger partial charge in [-0.1, -0.05) is 0 Å². The standard InChI is InChI=1S/C24H15F3N4O6/c25-24(26,27)22-15-5-6-18-14(7-8-35-18)21(15)30(29-22)13-3-1-12(2-4-13)23(32)28-16-9-19-20(37-11-36-19)10-17(16)31(33)34/h1-4,7-10H,5-6,11H2,(H,28,32). The fraction of sp³-hybridized carbons (Fsp3) is 0.167. The summed E-state index contributed by atoms with van der Waals surface area (Å²) in [5, 5.41) is 17.8. The van der Waals surface area contributed by atoms with Crippen molar-refractivity contribution in [3.05, 3.63) is 81.4 Å². The van der Waals surface area contributed by atoms with Crippen molar-refractivity contribution in [3.63, 3.8) is 0 Å². The quantitative estimate of drug-likeness (QED) is 0.297. The molecule has 2 aromatic carbocycles. The zero-order valence-corrected chi connectivity index (χ0v) is 18.7. The number of fused-ring (bicyclic) bond motifs is 4. The van der Waals surface area contributed by atoms with Crippen LogP contribution >= 0.6 is 0 Å². The van der Waals surface area contributed by atoms with Crippen LogP contribution in [-0.2, 0) is 19.0 Å². The molecule has 37 heavy (non-hydrogen) atoms. The maximum absolute atomic E-state index is 13.7. The van der Waals surface area contributed by atoms with Gasteiger partial charge < -0.3 is 19.2 Å². The molecule has 0 unspecified atom stereocenters. The Morgan fingerprint density at radius 3 is 2.51 bits per heavy atom. The van der Waals surface area contributed by atoms with E-state index in [2.05, 4.69) is 10.4 Å². The summed E-state index contributed by atoms with van der Waals surface area (Å²) in [5.74, 6) is 0.349. The molecular weight excluding hydrogens is 497 g/mol. The SMILES string of the molecule is O=C(Nc1cc2c(cc1[N+](=O)[O-])OCO2)c1ccc(-n2nc(C(F)(F)F)c3c2-c2ccoc2CC3)cc1. The molecular formula is C24H15F3N4O6.